The Labute approximate surface area is 186 Å². The van der Waals surface area contributed by atoms with Gasteiger partial charge in [-0.3, -0.25) is 4.18 Å². The van der Waals surface area contributed by atoms with Crippen LogP contribution in [0.15, 0.2) is 65.8 Å². The first-order chi connectivity index (χ1) is 15.1. The van der Waals surface area contributed by atoms with Crippen molar-refractivity contribution in [3.05, 3.63) is 77.5 Å². The first-order valence-corrected chi connectivity index (χ1v) is 11.1. The molecule has 0 unspecified atom stereocenters. The fourth-order valence-electron chi connectivity index (χ4n) is 3.33. The van der Waals surface area contributed by atoms with Crippen molar-refractivity contribution in [2.45, 2.75) is 13.8 Å². The Morgan fingerprint density at radius 3 is 2.22 bits per heavy atom. The van der Waals surface area contributed by atoms with Crippen molar-refractivity contribution in [2.24, 2.45) is 19.2 Å². The molecule has 2 heterocycles. The Hall–Kier alpha value is -3.43. The maximum absolute atomic E-state index is 9.22. The van der Waals surface area contributed by atoms with Crippen LogP contribution in [0.4, 0.5) is 5.69 Å². The molecule has 0 spiro atoms. The van der Waals surface area contributed by atoms with E-state index in [0.717, 1.165) is 40.7 Å². The van der Waals surface area contributed by atoms with Gasteiger partial charge >= 0.3 is 5.49 Å². The summed E-state index contributed by atoms with van der Waals surface area (Å²) in [4.78, 5) is 4.61. The second kappa shape index (κ2) is 9.37. The third-order valence-electron chi connectivity index (χ3n) is 5.19. The standard InChI is InChI=1S/C21H22N5.CH4O4S/c1-15-14-20(26(25(15)4)17-10-6-5-7-11-17)22-23-21-16(2)24(3)19-13-9-8-12-18(19)21;1-5-6(2,3)4/h5-14H,1-4H3;1H3,(H,2,3,4)/q+1;/p-1. The molecule has 2 aromatic heterocycles. The lowest BCUT2D eigenvalue weighted by Crippen LogP contribution is -2.21. The number of para-hydroxylation sites is 2. The quantitative estimate of drug-likeness (QED) is 0.205. The molecular weight excluding hydrogens is 430 g/mol. The molecule has 4 aromatic rings. The third kappa shape index (κ3) is 4.90. The van der Waals surface area contributed by atoms with Gasteiger partial charge in [0, 0.05) is 30.3 Å². The van der Waals surface area contributed by atoms with Crippen LogP contribution in [0.25, 0.3) is 16.6 Å². The topological polar surface area (TPSA) is 108 Å². The summed E-state index contributed by atoms with van der Waals surface area (Å²) < 4.78 is 37.3. The zero-order chi connectivity index (χ0) is 23.5. The van der Waals surface area contributed by atoms with Crippen LogP contribution >= 0.6 is 0 Å². The van der Waals surface area contributed by atoms with E-state index in [1.165, 1.54) is 5.52 Å². The van der Waals surface area contributed by atoms with E-state index >= 15 is 0 Å². The van der Waals surface area contributed by atoms with E-state index in [9.17, 15) is 13.0 Å². The van der Waals surface area contributed by atoms with Crippen LogP contribution in [0.2, 0.25) is 0 Å². The maximum atomic E-state index is 9.22. The molecule has 4 rings (SSSR count). The molecule has 0 N–H and O–H groups in total. The van der Waals surface area contributed by atoms with Gasteiger partial charge in [-0.05, 0) is 32.0 Å². The van der Waals surface area contributed by atoms with E-state index in [1.807, 2.05) is 37.4 Å². The lowest BCUT2D eigenvalue weighted by Gasteiger charge is -2.00. The van der Waals surface area contributed by atoms with Gasteiger partial charge in [0.25, 0.3) is 0 Å². The van der Waals surface area contributed by atoms with E-state index in [2.05, 4.69) is 79.2 Å². The molecular formula is C22H25N5O4S. The molecule has 10 heteroatoms. The molecule has 0 fully saturated rings. The fourth-order valence-corrected chi connectivity index (χ4v) is 3.33. The van der Waals surface area contributed by atoms with Gasteiger partial charge in [0.15, 0.2) is 11.4 Å². The number of fused-ring (bicyclic) bond motifs is 1. The fraction of sp³-hybridized carbons (Fsp3) is 0.227. The van der Waals surface area contributed by atoms with Crippen LogP contribution in [-0.4, -0.2) is 38.8 Å². The van der Waals surface area contributed by atoms with Crippen molar-refractivity contribution >= 4 is 27.0 Å². The van der Waals surface area contributed by atoms with E-state index in [-0.39, 0.29) is 0 Å². The average molecular weight is 456 g/mol. The summed E-state index contributed by atoms with van der Waals surface area (Å²) in [5.41, 5.74) is 6.19. The zero-order valence-electron chi connectivity index (χ0n) is 18.6. The number of aryl methyl sites for hydroxylation is 2. The second-order valence-corrected chi connectivity index (χ2v) is 8.25. The highest BCUT2D eigenvalue weighted by atomic mass is 32.3. The minimum atomic E-state index is -4.41. The summed E-state index contributed by atoms with van der Waals surface area (Å²) in [7, 11) is 0.491. The summed E-state index contributed by atoms with van der Waals surface area (Å²) in [5, 5.41) is 5.76. The minimum absolute atomic E-state index is 0.808. The summed E-state index contributed by atoms with van der Waals surface area (Å²) in [6, 6.07) is 20.6. The van der Waals surface area contributed by atoms with Crippen LogP contribution in [0.5, 0.6) is 0 Å². The number of rotatable bonds is 3. The van der Waals surface area contributed by atoms with Crippen LogP contribution < -0.4 is 5.49 Å². The SMILES string of the molecule is COS(=O)(=O)[O-].Cc1c(N=[N+]=c2cc(C)n(C)n2-c2ccccc2)c2ccccc2n1C. The molecule has 0 saturated heterocycles. The largest absolute Gasteiger partial charge is 0.726 e. The second-order valence-electron chi connectivity index (χ2n) is 7.10. The molecule has 0 radical (unpaired) electrons. The number of aromatic nitrogens is 3. The number of nitrogens with zero attached hydrogens (tertiary/aromatic N) is 5. The van der Waals surface area contributed by atoms with Crippen molar-refractivity contribution in [1.82, 2.24) is 13.9 Å². The van der Waals surface area contributed by atoms with E-state index in [1.54, 1.807) is 0 Å². The van der Waals surface area contributed by atoms with Gasteiger partial charge in [-0.2, -0.15) is 0 Å². The van der Waals surface area contributed by atoms with Gasteiger partial charge < -0.3 is 9.12 Å². The number of hydrogen-bond donors (Lipinski definition) is 0. The summed E-state index contributed by atoms with van der Waals surface area (Å²) in [6.45, 7) is 4.15. The van der Waals surface area contributed by atoms with Crippen molar-refractivity contribution in [3.63, 3.8) is 0 Å². The highest BCUT2D eigenvalue weighted by Crippen LogP contribution is 2.31. The predicted octanol–water partition coefficient (Wildman–Crippen LogP) is 2.91. The molecule has 0 atom stereocenters. The molecule has 168 valence electrons. The summed E-state index contributed by atoms with van der Waals surface area (Å²) in [5.74, 6) is 0. The third-order valence-corrected chi connectivity index (χ3v) is 5.60. The maximum Gasteiger partial charge on any atom is 0.432 e. The highest BCUT2D eigenvalue weighted by Gasteiger charge is 2.16. The summed E-state index contributed by atoms with van der Waals surface area (Å²) >= 11 is 0. The summed E-state index contributed by atoms with van der Waals surface area (Å²) in [6.07, 6.45) is 0. The predicted molar refractivity (Wildman–Crippen MR) is 119 cm³/mol. The van der Waals surface area contributed by atoms with Crippen LogP contribution in [0.3, 0.4) is 0 Å². The molecule has 0 bridgehead atoms. The highest BCUT2D eigenvalue weighted by molar-refractivity contribution is 7.80. The van der Waals surface area contributed by atoms with Gasteiger partial charge in [0.05, 0.1) is 24.4 Å². The van der Waals surface area contributed by atoms with Crippen molar-refractivity contribution in [2.75, 3.05) is 7.11 Å². The normalized spacial score (nSPS) is 11.1. The van der Waals surface area contributed by atoms with Crippen LogP contribution in [0.1, 0.15) is 11.4 Å². The van der Waals surface area contributed by atoms with Gasteiger partial charge in [-0.1, -0.05) is 41.2 Å². The minimum Gasteiger partial charge on any atom is -0.726 e. The Balaban J connectivity index is 0.000000427. The lowest BCUT2D eigenvalue weighted by atomic mass is 10.2. The lowest BCUT2D eigenvalue weighted by molar-refractivity contribution is -0.141. The smallest absolute Gasteiger partial charge is 0.432 e. The monoisotopic (exact) mass is 455 g/mol. The Morgan fingerprint density at radius 2 is 1.59 bits per heavy atom. The Bertz CT molecular complexity index is 1460. The van der Waals surface area contributed by atoms with E-state index in [4.69, 9.17) is 0 Å². The first-order valence-electron chi connectivity index (χ1n) is 9.75. The van der Waals surface area contributed by atoms with Gasteiger partial charge in [-0.15, -0.1) is 4.68 Å². The number of benzene rings is 2. The molecule has 0 amide bonds. The van der Waals surface area contributed by atoms with Crippen molar-refractivity contribution < 1.29 is 21.9 Å². The van der Waals surface area contributed by atoms with Crippen molar-refractivity contribution in [3.8, 4) is 5.69 Å². The van der Waals surface area contributed by atoms with E-state index in [0.29, 0.717) is 0 Å². The Morgan fingerprint density at radius 1 is 1.00 bits per heavy atom. The molecule has 0 aliphatic rings. The number of hydrogen-bond acceptors (Lipinski definition) is 5. The van der Waals surface area contributed by atoms with Gasteiger partial charge in [0.2, 0.25) is 10.4 Å². The molecule has 9 nitrogen and oxygen atoms in total. The molecule has 0 aliphatic carbocycles. The van der Waals surface area contributed by atoms with Gasteiger partial charge in [0.1, 0.15) is 0 Å². The first kappa shape index (κ1) is 23.2. The van der Waals surface area contributed by atoms with Gasteiger partial charge in [-0.25, -0.2) is 13.1 Å². The van der Waals surface area contributed by atoms with Crippen LogP contribution in [0, 0.1) is 13.8 Å². The Kier molecular flexibility index (Phi) is 6.81. The average Bonchev–Trinajstić information content (AvgIpc) is 3.20. The van der Waals surface area contributed by atoms with Crippen molar-refractivity contribution in [1.29, 1.82) is 0 Å². The zero-order valence-corrected chi connectivity index (χ0v) is 19.4. The van der Waals surface area contributed by atoms with Crippen LogP contribution in [-0.2, 0) is 28.7 Å². The molecule has 32 heavy (non-hydrogen) atoms. The molecule has 2 aromatic carbocycles. The molecule has 0 aliphatic heterocycles. The van der Waals surface area contributed by atoms with E-state index < -0.39 is 10.4 Å². The molecule has 0 saturated carbocycles.